The Morgan fingerprint density at radius 3 is 2.76 bits per heavy atom. The van der Waals surface area contributed by atoms with E-state index in [0.717, 1.165) is 12.1 Å². The van der Waals surface area contributed by atoms with E-state index in [-0.39, 0.29) is 12.5 Å². The Kier molecular flexibility index (Phi) is 5.12. The van der Waals surface area contributed by atoms with Crippen LogP contribution in [0, 0.1) is 6.92 Å². The molecule has 0 saturated heterocycles. The van der Waals surface area contributed by atoms with Crippen molar-refractivity contribution in [2.24, 2.45) is 5.73 Å². The van der Waals surface area contributed by atoms with E-state index in [0.29, 0.717) is 0 Å². The predicted molar refractivity (Wildman–Crippen MR) is 69.0 cm³/mol. The van der Waals surface area contributed by atoms with Crippen molar-refractivity contribution >= 4 is 11.6 Å². The molecule has 0 aliphatic carbocycles. The standard InChI is InChI=1S/C13H20N2O2/c1-4-10-7-11(6-5-9(10)2)15-13(16)12(8-14)17-3/h5-7,12H,4,8,14H2,1-3H3,(H,15,16). The van der Waals surface area contributed by atoms with Gasteiger partial charge in [-0.1, -0.05) is 13.0 Å². The maximum Gasteiger partial charge on any atom is 0.254 e. The number of aryl methyl sites for hydroxylation is 2. The lowest BCUT2D eigenvalue weighted by atomic mass is 10.1. The molecule has 3 N–H and O–H groups in total. The highest BCUT2D eigenvalue weighted by atomic mass is 16.5. The van der Waals surface area contributed by atoms with Gasteiger partial charge in [0.25, 0.3) is 5.91 Å². The summed E-state index contributed by atoms with van der Waals surface area (Å²) in [7, 11) is 1.48. The molecule has 0 spiro atoms. The Morgan fingerprint density at radius 1 is 1.53 bits per heavy atom. The molecule has 0 fully saturated rings. The van der Waals surface area contributed by atoms with Crippen LogP contribution in [0.25, 0.3) is 0 Å². The molecule has 1 rings (SSSR count). The third kappa shape index (κ3) is 3.54. The molecule has 4 heteroatoms. The minimum absolute atomic E-state index is 0.175. The molecule has 0 bridgehead atoms. The van der Waals surface area contributed by atoms with E-state index in [1.54, 1.807) is 0 Å². The van der Waals surface area contributed by atoms with Crippen LogP contribution in [0.4, 0.5) is 5.69 Å². The van der Waals surface area contributed by atoms with Gasteiger partial charge in [0.2, 0.25) is 0 Å². The topological polar surface area (TPSA) is 64.4 Å². The predicted octanol–water partition coefficient (Wildman–Crippen LogP) is 1.47. The highest BCUT2D eigenvalue weighted by Gasteiger charge is 2.15. The minimum atomic E-state index is -0.596. The molecule has 0 aliphatic heterocycles. The maximum atomic E-state index is 11.7. The van der Waals surface area contributed by atoms with Crippen LogP contribution in [0.3, 0.4) is 0 Å². The third-order valence-electron chi connectivity index (χ3n) is 2.79. The van der Waals surface area contributed by atoms with Crippen LogP contribution in [0.1, 0.15) is 18.1 Å². The van der Waals surface area contributed by atoms with E-state index >= 15 is 0 Å². The molecule has 1 atom stereocenters. The zero-order valence-corrected chi connectivity index (χ0v) is 10.6. The number of hydrogen-bond acceptors (Lipinski definition) is 3. The molecular weight excluding hydrogens is 216 g/mol. The first-order valence-corrected chi connectivity index (χ1v) is 5.75. The van der Waals surface area contributed by atoms with Crippen LogP contribution in [0.2, 0.25) is 0 Å². The fourth-order valence-corrected chi connectivity index (χ4v) is 1.66. The van der Waals surface area contributed by atoms with Gasteiger partial charge in [0.1, 0.15) is 6.10 Å². The summed E-state index contributed by atoms with van der Waals surface area (Å²) in [6.45, 7) is 4.32. The van der Waals surface area contributed by atoms with Crippen LogP contribution in [0.15, 0.2) is 18.2 Å². The molecule has 1 aromatic rings. The summed E-state index contributed by atoms with van der Waals surface area (Å²) in [4.78, 5) is 11.7. The van der Waals surface area contributed by atoms with Gasteiger partial charge in [0, 0.05) is 19.3 Å². The van der Waals surface area contributed by atoms with Crippen molar-refractivity contribution in [1.29, 1.82) is 0 Å². The Balaban J connectivity index is 2.78. The van der Waals surface area contributed by atoms with Crippen molar-refractivity contribution in [3.8, 4) is 0 Å². The van der Waals surface area contributed by atoms with Crippen LogP contribution in [0.5, 0.6) is 0 Å². The highest BCUT2D eigenvalue weighted by molar-refractivity contribution is 5.94. The van der Waals surface area contributed by atoms with Crippen LogP contribution >= 0.6 is 0 Å². The van der Waals surface area contributed by atoms with Gasteiger partial charge in [-0.3, -0.25) is 4.79 Å². The molecular formula is C13H20N2O2. The largest absolute Gasteiger partial charge is 0.370 e. The Labute approximate surface area is 102 Å². The van der Waals surface area contributed by atoms with Gasteiger partial charge < -0.3 is 15.8 Å². The minimum Gasteiger partial charge on any atom is -0.370 e. The lowest BCUT2D eigenvalue weighted by molar-refractivity contribution is -0.125. The second-order valence-corrected chi connectivity index (χ2v) is 3.94. The number of carbonyl (C=O) groups is 1. The molecule has 0 aliphatic rings. The number of anilines is 1. The van der Waals surface area contributed by atoms with Crippen molar-refractivity contribution in [3.63, 3.8) is 0 Å². The SMILES string of the molecule is CCc1cc(NC(=O)C(CN)OC)ccc1C. The van der Waals surface area contributed by atoms with Crippen LogP contribution in [-0.4, -0.2) is 25.7 Å². The molecule has 17 heavy (non-hydrogen) atoms. The van der Waals surface area contributed by atoms with Crippen LogP contribution in [-0.2, 0) is 16.0 Å². The van der Waals surface area contributed by atoms with Crippen molar-refractivity contribution in [3.05, 3.63) is 29.3 Å². The summed E-state index contributed by atoms with van der Waals surface area (Å²) in [5.41, 5.74) is 8.67. The quantitative estimate of drug-likeness (QED) is 0.813. The molecule has 0 saturated carbocycles. The number of amides is 1. The Bertz CT molecular complexity index is 387. The number of carbonyl (C=O) groups excluding carboxylic acids is 1. The molecule has 0 aromatic heterocycles. The summed E-state index contributed by atoms with van der Waals surface area (Å²) in [6.07, 6.45) is 0.349. The molecule has 1 aromatic carbocycles. The van der Waals surface area contributed by atoms with Gasteiger partial charge in [0.15, 0.2) is 0 Å². The second-order valence-electron chi connectivity index (χ2n) is 3.94. The number of ether oxygens (including phenoxy) is 1. The lowest BCUT2D eigenvalue weighted by Gasteiger charge is -2.14. The second kappa shape index (κ2) is 6.37. The van der Waals surface area contributed by atoms with Crippen LogP contribution < -0.4 is 11.1 Å². The van der Waals surface area contributed by atoms with E-state index in [2.05, 4.69) is 19.2 Å². The Morgan fingerprint density at radius 2 is 2.24 bits per heavy atom. The third-order valence-corrected chi connectivity index (χ3v) is 2.79. The van der Waals surface area contributed by atoms with Crippen molar-refractivity contribution in [2.75, 3.05) is 19.0 Å². The van der Waals surface area contributed by atoms with Gasteiger partial charge in [-0.15, -0.1) is 0 Å². The average molecular weight is 236 g/mol. The van der Waals surface area contributed by atoms with Gasteiger partial charge >= 0.3 is 0 Å². The summed E-state index contributed by atoms with van der Waals surface area (Å²) >= 11 is 0. The highest BCUT2D eigenvalue weighted by Crippen LogP contribution is 2.16. The Hall–Kier alpha value is -1.39. The average Bonchev–Trinajstić information content (AvgIpc) is 2.33. The molecule has 1 unspecified atom stereocenters. The first kappa shape index (κ1) is 13.7. The van der Waals surface area contributed by atoms with E-state index in [4.69, 9.17) is 10.5 Å². The first-order chi connectivity index (χ1) is 8.12. The number of nitrogens with two attached hydrogens (primary N) is 1. The van der Waals surface area contributed by atoms with Crippen molar-refractivity contribution in [2.45, 2.75) is 26.4 Å². The normalized spacial score (nSPS) is 12.2. The van der Waals surface area contributed by atoms with Crippen molar-refractivity contribution in [1.82, 2.24) is 0 Å². The number of methoxy groups -OCH3 is 1. The molecule has 94 valence electrons. The summed E-state index contributed by atoms with van der Waals surface area (Å²) in [5.74, 6) is -0.207. The number of benzene rings is 1. The zero-order valence-electron chi connectivity index (χ0n) is 10.6. The van der Waals surface area contributed by atoms with E-state index in [9.17, 15) is 4.79 Å². The lowest BCUT2D eigenvalue weighted by Crippen LogP contribution is -2.35. The maximum absolute atomic E-state index is 11.7. The van der Waals surface area contributed by atoms with Gasteiger partial charge in [-0.2, -0.15) is 0 Å². The summed E-state index contributed by atoms with van der Waals surface area (Å²) in [5, 5.41) is 2.80. The number of hydrogen-bond donors (Lipinski definition) is 2. The number of rotatable bonds is 5. The monoisotopic (exact) mass is 236 g/mol. The van der Waals surface area contributed by atoms with E-state index in [1.807, 2.05) is 18.2 Å². The summed E-state index contributed by atoms with van der Waals surface area (Å²) in [6, 6.07) is 5.87. The zero-order chi connectivity index (χ0) is 12.8. The number of nitrogens with one attached hydrogen (secondary N) is 1. The van der Waals surface area contributed by atoms with E-state index < -0.39 is 6.10 Å². The molecule has 4 nitrogen and oxygen atoms in total. The van der Waals surface area contributed by atoms with Gasteiger partial charge in [0.05, 0.1) is 0 Å². The first-order valence-electron chi connectivity index (χ1n) is 5.75. The molecule has 0 radical (unpaired) electrons. The van der Waals surface area contributed by atoms with E-state index in [1.165, 1.54) is 18.2 Å². The van der Waals surface area contributed by atoms with Gasteiger partial charge in [-0.05, 0) is 36.6 Å². The molecule has 1 amide bonds. The fraction of sp³-hybridized carbons (Fsp3) is 0.462. The smallest absolute Gasteiger partial charge is 0.254 e. The summed E-state index contributed by atoms with van der Waals surface area (Å²) < 4.78 is 4.98. The molecule has 0 heterocycles. The van der Waals surface area contributed by atoms with Crippen molar-refractivity contribution < 1.29 is 9.53 Å². The van der Waals surface area contributed by atoms with Gasteiger partial charge in [-0.25, -0.2) is 0 Å². The fourth-order valence-electron chi connectivity index (χ4n) is 1.66.